The molecule has 0 radical (unpaired) electrons. The number of halogens is 1. The topological polar surface area (TPSA) is 32.5 Å². The van der Waals surface area contributed by atoms with Crippen molar-refractivity contribution >= 4 is 27.3 Å². The second-order valence-electron chi connectivity index (χ2n) is 4.98. The Morgan fingerprint density at radius 3 is 2.67 bits per heavy atom. The van der Waals surface area contributed by atoms with Crippen molar-refractivity contribution in [1.82, 2.24) is 4.90 Å². The van der Waals surface area contributed by atoms with Crippen LogP contribution in [0.4, 0.5) is 11.4 Å². The SMILES string of the molecule is CCN1CCC(N(C)c2cc(Br)ccc2N)CC1. The first-order valence-corrected chi connectivity index (χ1v) is 7.41. The molecule has 0 aromatic heterocycles. The maximum absolute atomic E-state index is 6.08. The number of anilines is 2. The van der Waals surface area contributed by atoms with Gasteiger partial charge in [-0.15, -0.1) is 0 Å². The molecule has 2 N–H and O–H groups in total. The van der Waals surface area contributed by atoms with Crippen LogP contribution >= 0.6 is 15.9 Å². The lowest BCUT2D eigenvalue weighted by Crippen LogP contribution is -2.43. The van der Waals surface area contributed by atoms with E-state index in [4.69, 9.17) is 5.73 Å². The number of benzene rings is 1. The van der Waals surface area contributed by atoms with Gasteiger partial charge in [-0.25, -0.2) is 0 Å². The summed E-state index contributed by atoms with van der Waals surface area (Å²) in [5, 5.41) is 0. The van der Waals surface area contributed by atoms with Crippen molar-refractivity contribution in [3.8, 4) is 0 Å². The summed E-state index contributed by atoms with van der Waals surface area (Å²) in [4.78, 5) is 4.85. The molecule has 0 spiro atoms. The van der Waals surface area contributed by atoms with E-state index in [-0.39, 0.29) is 0 Å². The van der Waals surface area contributed by atoms with Crippen molar-refractivity contribution in [3.63, 3.8) is 0 Å². The highest BCUT2D eigenvalue weighted by molar-refractivity contribution is 9.10. The predicted octanol–water partition coefficient (Wildman–Crippen LogP) is 2.95. The standard InChI is InChI=1S/C14H22BrN3/c1-3-18-8-6-12(7-9-18)17(2)14-10-11(15)4-5-13(14)16/h4-5,10,12H,3,6-9,16H2,1-2H3. The van der Waals surface area contributed by atoms with Gasteiger partial charge >= 0.3 is 0 Å². The first-order chi connectivity index (χ1) is 8.61. The number of hydrogen-bond donors (Lipinski definition) is 1. The monoisotopic (exact) mass is 311 g/mol. The van der Waals surface area contributed by atoms with Gasteiger partial charge in [0.1, 0.15) is 0 Å². The molecule has 0 bridgehead atoms. The van der Waals surface area contributed by atoms with E-state index in [2.05, 4.69) is 45.8 Å². The Kier molecular flexibility index (Phi) is 4.51. The van der Waals surface area contributed by atoms with Crippen molar-refractivity contribution in [2.75, 3.05) is 37.3 Å². The smallest absolute Gasteiger partial charge is 0.0611 e. The molecule has 100 valence electrons. The van der Waals surface area contributed by atoms with Gasteiger partial charge in [0.15, 0.2) is 0 Å². The summed E-state index contributed by atoms with van der Waals surface area (Å²) in [6.45, 7) is 5.78. The lowest BCUT2D eigenvalue weighted by atomic mass is 10.0. The molecular weight excluding hydrogens is 290 g/mol. The van der Waals surface area contributed by atoms with Crippen LogP contribution < -0.4 is 10.6 Å². The highest BCUT2D eigenvalue weighted by atomic mass is 79.9. The predicted molar refractivity (Wildman–Crippen MR) is 82.1 cm³/mol. The molecule has 18 heavy (non-hydrogen) atoms. The van der Waals surface area contributed by atoms with Crippen molar-refractivity contribution in [2.24, 2.45) is 0 Å². The van der Waals surface area contributed by atoms with E-state index >= 15 is 0 Å². The van der Waals surface area contributed by atoms with Crippen LogP contribution in [0.15, 0.2) is 22.7 Å². The third kappa shape index (κ3) is 2.98. The molecule has 1 heterocycles. The molecule has 1 aromatic rings. The third-order valence-electron chi connectivity index (χ3n) is 3.92. The van der Waals surface area contributed by atoms with Crippen LogP contribution in [-0.4, -0.2) is 37.6 Å². The summed E-state index contributed by atoms with van der Waals surface area (Å²) >= 11 is 3.52. The fourth-order valence-electron chi connectivity index (χ4n) is 2.64. The molecule has 0 unspecified atom stereocenters. The third-order valence-corrected chi connectivity index (χ3v) is 4.42. The number of nitrogens with two attached hydrogens (primary N) is 1. The van der Waals surface area contributed by atoms with E-state index in [0.29, 0.717) is 6.04 Å². The average molecular weight is 312 g/mol. The Bertz CT molecular complexity index is 400. The van der Waals surface area contributed by atoms with Gasteiger partial charge in [-0.2, -0.15) is 0 Å². The molecule has 2 rings (SSSR count). The van der Waals surface area contributed by atoms with Crippen LogP contribution in [0.1, 0.15) is 19.8 Å². The van der Waals surface area contributed by atoms with Crippen LogP contribution in [-0.2, 0) is 0 Å². The lowest BCUT2D eigenvalue weighted by Gasteiger charge is -2.37. The van der Waals surface area contributed by atoms with Gasteiger partial charge in [-0.1, -0.05) is 22.9 Å². The van der Waals surface area contributed by atoms with Crippen LogP contribution in [0, 0.1) is 0 Å². The molecule has 1 fully saturated rings. The van der Waals surface area contributed by atoms with Gasteiger partial charge in [-0.05, 0) is 37.6 Å². The molecule has 0 atom stereocenters. The van der Waals surface area contributed by atoms with E-state index in [0.717, 1.165) is 22.4 Å². The van der Waals surface area contributed by atoms with Gasteiger partial charge in [0.25, 0.3) is 0 Å². The Balaban J connectivity index is 2.07. The molecule has 4 heteroatoms. The Morgan fingerprint density at radius 1 is 1.39 bits per heavy atom. The van der Waals surface area contributed by atoms with Gasteiger partial charge in [-0.3, -0.25) is 0 Å². The second-order valence-corrected chi connectivity index (χ2v) is 5.90. The van der Waals surface area contributed by atoms with Crippen molar-refractivity contribution < 1.29 is 0 Å². The number of rotatable bonds is 3. The normalized spacial score (nSPS) is 17.9. The van der Waals surface area contributed by atoms with E-state index in [9.17, 15) is 0 Å². The average Bonchev–Trinajstić information content (AvgIpc) is 2.41. The summed E-state index contributed by atoms with van der Waals surface area (Å²) < 4.78 is 1.09. The van der Waals surface area contributed by atoms with Crippen LogP contribution in [0.25, 0.3) is 0 Å². The van der Waals surface area contributed by atoms with E-state index in [1.54, 1.807) is 0 Å². The number of piperidine rings is 1. The number of nitrogens with zero attached hydrogens (tertiary/aromatic N) is 2. The van der Waals surface area contributed by atoms with E-state index in [1.165, 1.54) is 25.9 Å². The summed E-state index contributed by atoms with van der Waals surface area (Å²) in [7, 11) is 2.16. The minimum atomic E-state index is 0.601. The molecule has 1 saturated heterocycles. The molecule has 1 aliphatic rings. The number of nitrogen functional groups attached to an aromatic ring is 1. The largest absolute Gasteiger partial charge is 0.397 e. The van der Waals surface area contributed by atoms with Gasteiger partial charge in [0.05, 0.1) is 11.4 Å². The van der Waals surface area contributed by atoms with Crippen LogP contribution in [0.2, 0.25) is 0 Å². The quantitative estimate of drug-likeness (QED) is 0.871. The summed E-state index contributed by atoms with van der Waals surface area (Å²) in [5.41, 5.74) is 8.08. The van der Waals surface area contributed by atoms with Gasteiger partial charge < -0.3 is 15.5 Å². The van der Waals surface area contributed by atoms with Gasteiger partial charge in [0, 0.05) is 30.7 Å². The zero-order valence-electron chi connectivity index (χ0n) is 11.2. The fraction of sp³-hybridized carbons (Fsp3) is 0.571. The Hall–Kier alpha value is -0.740. The highest BCUT2D eigenvalue weighted by Gasteiger charge is 2.22. The summed E-state index contributed by atoms with van der Waals surface area (Å²) in [6.07, 6.45) is 2.44. The minimum absolute atomic E-state index is 0.601. The molecular formula is C14H22BrN3. The maximum Gasteiger partial charge on any atom is 0.0611 e. The molecule has 1 aromatic carbocycles. The first-order valence-electron chi connectivity index (χ1n) is 6.62. The van der Waals surface area contributed by atoms with E-state index in [1.807, 2.05) is 12.1 Å². The lowest BCUT2D eigenvalue weighted by molar-refractivity contribution is 0.221. The van der Waals surface area contributed by atoms with Gasteiger partial charge in [0.2, 0.25) is 0 Å². The maximum atomic E-state index is 6.08. The zero-order valence-corrected chi connectivity index (χ0v) is 12.8. The Morgan fingerprint density at radius 2 is 2.06 bits per heavy atom. The van der Waals surface area contributed by atoms with E-state index < -0.39 is 0 Å². The van der Waals surface area contributed by atoms with Crippen molar-refractivity contribution in [2.45, 2.75) is 25.8 Å². The minimum Gasteiger partial charge on any atom is -0.397 e. The second kappa shape index (κ2) is 5.93. The van der Waals surface area contributed by atoms with Crippen molar-refractivity contribution in [1.29, 1.82) is 0 Å². The van der Waals surface area contributed by atoms with Crippen molar-refractivity contribution in [3.05, 3.63) is 22.7 Å². The highest BCUT2D eigenvalue weighted by Crippen LogP contribution is 2.30. The summed E-state index contributed by atoms with van der Waals surface area (Å²) in [6, 6.07) is 6.68. The van der Waals surface area contributed by atoms with Crippen LogP contribution in [0.3, 0.4) is 0 Å². The fourth-order valence-corrected chi connectivity index (χ4v) is 2.99. The Labute approximate surface area is 118 Å². The first kappa shape index (κ1) is 13.7. The number of hydrogen-bond acceptors (Lipinski definition) is 3. The van der Waals surface area contributed by atoms with Crippen LogP contribution in [0.5, 0.6) is 0 Å². The zero-order chi connectivity index (χ0) is 13.1. The molecule has 0 saturated carbocycles. The molecule has 0 amide bonds. The molecule has 0 aliphatic carbocycles. The summed E-state index contributed by atoms with van der Waals surface area (Å²) in [5.74, 6) is 0. The molecule has 1 aliphatic heterocycles. The molecule has 3 nitrogen and oxygen atoms in total. The number of likely N-dealkylation sites (tertiary alicyclic amines) is 1.